The van der Waals surface area contributed by atoms with Gasteiger partial charge in [-0.2, -0.15) is 5.10 Å². The Morgan fingerprint density at radius 2 is 2.13 bits per heavy atom. The summed E-state index contributed by atoms with van der Waals surface area (Å²) in [5.41, 5.74) is 0. The van der Waals surface area contributed by atoms with Crippen LogP contribution in [-0.2, 0) is 16.0 Å². The minimum atomic E-state index is -0.0625. The number of H-pyrrole nitrogens is 1. The lowest BCUT2D eigenvalue weighted by Gasteiger charge is -2.29. The van der Waals surface area contributed by atoms with E-state index in [2.05, 4.69) is 30.8 Å². The molecule has 1 aliphatic carbocycles. The van der Waals surface area contributed by atoms with Gasteiger partial charge in [0.25, 0.3) is 0 Å². The van der Waals surface area contributed by atoms with Crippen LogP contribution in [0.3, 0.4) is 0 Å². The molecule has 3 N–H and O–H groups in total. The summed E-state index contributed by atoms with van der Waals surface area (Å²) >= 11 is 0. The quantitative estimate of drug-likeness (QED) is 0.208. The molecule has 9 nitrogen and oxygen atoms in total. The molecule has 0 radical (unpaired) electrons. The number of aromatic amines is 1. The van der Waals surface area contributed by atoms with Crippen LogP contribution in [0.15, 0.2) is 27.8 Å². The predicted molar refractivity (Wildman–Crippen MR) is 125 cm³/mol. The molecule has 0 unspecified atom stereocenters. The van der Waals surface area contributed by atoms with E-state index in [4.69, 9.17) is 9.15 Å². The smallest absolute Gasteiger partial charge is 0.308 e. The number of hydrogen-bond donors (Lipinski definition) is 3. The van der Waals surface area contributed by atoms with Gasteiger partial charge in [-0.1, -0.05) is 0 Å². The van der Waals surface area contributed by atoms with Gasteiger partial charge >= 0.3 is 5.97 Å². The van der Waals surface area contributed by atoms with Gasteiger partial charge in [0.05, 0.1) is 18.8 Å². The summed E-state index contributed by atoms with van der Waals surface area (Å²) in [5, 5.41) is 13.9. The van der Waals surface area contributed by atoms with E-state index in [1.807, 2.05) is 26.0 Å². The maximum absolute atomic E-state index is 11.9. The Morgan fingerprint density at radius 1 is 1.33 bits per heavy atom. The second-order valence-electron chi connectivity index (χ2n) is 7.04. The number of esters is 1. The SMILES string of the molecule is CCNC(=NCCc1nc(-c2ccco2)n[nH]1)NC1CCC(C(=O)OCC)CC1.I. The summed E-state index contributed by atoms with van der Waals surface area (Å²) in [6, 6.07) is 3.95. The Bertz CT molecular complexity index is 784. The number of nitrogens with zero attached hydrogens (tertiary/aromatic N) is 3. The molecule has 30 heavy (non-hydrogen) atoms. The van der Waals surface area contributed by atoms with Gasteiger partial charge in [0, 0.05) is 25.6 Å². The fourth-order valence-electron chi connectivity index (χ4n) is 3.44. The normalized spacial score (nSPS) is 19.1. The monoisotopic (exact) mass is 530 g/mol. The summed E-state index contributed by atoms with van der Waals surface area (Å²) < 4.78 is 10.4. The fourth-order valence-corrected chi connectivity index (χ4v) is 3.44. The number of carbonyl (C=O) groups excluding carboxylic acids is 1. The van der Waals surface area contributed by atoms with Gasteiger partial charge in [-0.05, 0) is 51.7 Å². The highest BCUT2D eigenvalue weighted by atomic mass is 127. The van der Waals surface area contributed by atoms with Gasteiger partial charge in [-0.25, -0.2) is 4.98 Å². The third-order valence-corrected chi connectivity index (χ3v) is 4.92. The van der Waals surface area contributed by atoms with Crippen LogP contribution in [0, 0.1) is 5.92 Å². The van der Waals surface area contributed by atoms with E-state index >= 15 is 0 Å². The number of aliphatic imine (C=N–C) groups is 1. The molecule has 0 amide bonds. The fraction of sp³-hybridized carbons (Fsp3) is 0.600. The number of halogens is 1. The average molecular weight is 530 g/mol. The Morgan fingerprint density at radius 3 is 2.80 bits per heavy atom. The second-order valence-corrected chi connectivity index (χ2v) is 7.04. The summed E-state index contributed by atoms with van der Waals surface area (Å²) in [4.78, 5) is 21.0. The number of carbonyl (C=O) groups is 1. The maximum Gasteiger partial charge on any atom is 0.308 e. The van der Waals surface area contributed by atoms with Crippen molar-refractivity contribution in [2.24, 2.45) is 10.9 Å². The standard InChI is InChI=1S/C20H30N6O3.HI/c1-3-21-20(23-15-9-7-14(8-10-15)19(27)28-4-2)22-12-11-17-24-18(26-25-17)16-6-5-13-29-16;/h5-6,13-15H,3-4,7-12H2,1-2H3,(H2,21,22,23)(H,24,25,26);1H. The van der Waals surface area contributed by atoms with Crippen LogP contribution < -0.4 is 10.6 Å². The van der Waals surface area contributed by atoms with Crippen molar-refractivity contribution in [3.8, 4) is 11.6 Å². The molecule has 0 saturated heterocycles. The molecule has 0 atom stereocenters. The highest BCUT2D eigenvalue weighted by Gasteiger charge is 2.27. The molecule has 2 aromatic rings. The van der Waals surface area contributed by atoms with Crippen molar-refractivity contribution in [3.63, 3.8) is 0 Å². The van der Waals surface area contributed by atoms with Gasteiger partial charge in [0.15, 0.2) is 11.7 Å². The molecule has 0 spiro atoms. The third-order valence-electron chi connectivity index (χ3n) is 4.92. The number of ether oxygens (including phenoxy) is 1. The molecule has 10 heteroatoms. The maximum atomic E-state index is 11.9. The van der Waals surface area contributed by atoms with Gasteiger partial charge in [0.2, 0.25) is 5.82 Å². The van der Waals surface area contributed by atoms with E-state index in [9.17, 15) is 4.79 Å². The predicted octanol–water partition coefficient (Wildman–Crippen LogP) is 2.90. The van der Waals surface area contributed by atoms with Crippen LogP contribution in [0.2, 0.25) is 0 Å². The third kappa shape index (κ3) is 6.99. The molecule has 0 aliphatic heterocycles. The number of rotatable bonds is 8. The van der Waals surface area contributed by atoms with Crippen LogP contribution in [0.5, 0.6) is 0 Å². The molecule has 0 aromatic carbocycles. The van der Waals surface area contributed by atoms with E-state index < -0.39 is 0 Å². The van der Waals surface area contributed by atoms with E-state index in [0.29, 0.717) is 37.2 Å². The molecule has 3 rings (SSSR count). The zero-order chi connectivity index (χ0) is 20.5. The van der Waals surface area contributed by atoms with E-state index in [-0.39, 0.29) is 35.9 Å². The lowest BCUT2D eigenvalue weighted by atomic mass is 9.86. The lowest BCUT2D eigenvalue weighted by Crippen LogP contribution is -2.45. The molecule has 166 valence electrons. The van der Waals surface area contributed by atoms with Crippen molar-refractivity contribution in [1.82, 2.24) is 25.8 Å². The number of guanidine groups is 1. The van der Waals surface area contributed by atoms with Crippen LogP contribution >= 0.6 is 24.0 Å². The number of furan rings is 1. The number of hydrogen-bond acceptors (Lipinski definition) is 6. The van der Waals surface area contributed by atoms with Gasteiger partial charge in [0.1, 0.15) is 5.82 Å². The van der Waals surface area contributed by atoms with Crippen LogP contribution in [0.4, 0.5) is 0 Å². The largest absolute Gasteiger partial charge is 0.466 e. The molecular weight excluding hydrogens is 499 g/mol. The number of aromatic nitrogens is 3. The summed E-state index contributed by atoms with van der Waals surface area (Å²) in [6.45, 7) is 5.71. The Kier molecular flexibility index (Phi) is 10.1. The van der Waals surface area contributed by atoms with Crippen LogP contribution in [0.25, 0.3) is 11.6 Å². The number of nitrogens with one attached hydrogen (secondary N) is 3. The Balaban J connectivity index is 0.00000320. The lowest BCUT2D eigenvalue weighted by molar-refractivity contribution is -0.149. The summed E-state index contributed by atoms with van der Waals surface area (Å²) in [6.07, 6.45) is 5.82. The minimum absolute atomic E-state index is 0. The van der Waals surface area contributed by atoms with E-state index in [1.54, 1.807) is 6.26 Å². The zero-order valence-corrected chi connectivity index (χ0v) is 19.8. The van der Waals surface area contributed by atoms with Crippen molar-refractivity contribution in [2.45, 2.75) is 52.0 Å². The first kappa shape index (κ1) is 24.2. The minimum Gasteiger partial charge on any atom is -0.466 e. The van der Waals surface area contributed by atoms with Crippen molar-refractivity contribution in [2.75, 3.05) is 19.7 Å². The van der Waals surface area contributed by atoms with E-state index in [1.165, 1.54) is 0 Å². The zero-order valence-electron chi connectivity index (χ0n) is 17.5. The molecule has 0 bridgehead atoms. The molecular formula is C20H31IN6O3. The molecule has 1 fully saturated rings. The van der Waals surface area contributed by atoms with Gasteiger partial charge in [-0.3, -0.25) is 14.9 Å². The van der Waals surface area contributed by atoms with Crippen molar-refractivity contribution >= 4 is 35.9 Å². The average Bonchev–Trinajstić information content (AvgIpc) is 3.41. The molecule has 1 saturated carbocycles. The van der Waals surface area contributed by atoms with Crippen molar-refractivity contribution in [1.29, 1.82) is 0 Å². The highest BCUT2D eigenvalue weighted by Crippen LogP contribution is 2.25. The van der Waals surface area contributed by atoms with Crippen molar-refractivity contribution in [3.05, 3.63) is 24.2 Å². The first-order chi connectivity index (χ1) is 14.2. The van der Waals surface area contributed by atoms with Crippen LogP contribution in [0.1, 0.15) is 45.4 Å². The second kappa shape index (κ2) is 12.6. The topological polar surface area (TPSA) is 117 Å². The first-order valence-corrected chi connectivity index (χ1v) is 10.4. The first-order valence-electron chi connectivity index (χ1n) is 10.4. The highest BCUT2D eigenvalue weighted by molar-refractivity contribution is 14.0. The van der Waals surface area contributed by atoms with Gasteiger partial charge in [-0.15, -0.1) is 24.0 Å². The summed E-state index contributed by atoms with van der Waals surface area (Å²) in [5.74, 6) is 2.72. The van der Waals surface area contributed by atoms with Gasteiger partial charge < -0.3 is 19.8 Å². The molecule has 2 heterocycles. The molecule has 1 aliphatic rings. The molecule has 2 aromatic heterocycles. The van der Waals surface area contributed by atoms with E-state index in [0.717, 1.165) is 44.0 Å². The van der Waals surface area contributed by atoms with Crippen LogP contribution in [-0.4, -0.2) is 52.8 Å². The Hall–Kier alpha value is -2.11. The Labute approximate surface area is 193 Å². The van der Waals surface area contributed by atoms with Crippen molar-refractivity contribution < 1.29 is 13.9 Å². The summed E-state index contributed by atoms with van der Waals surface area (Å²) in [7, 11) is 0.